The Morgan fingerprint density at radius 1 is 1.11 bits per heavy atom. The van der Waals surface area contributed by atoms with Crippen LogP contribution in [-0.2, 0) is 4.74 Å². The van der Waals surface area contributed by atoms with Crippen LogP contribution in [0.2, 0.25) is 0 Å². The van der Waals surface area contributed by atoms with Crippen molar-refractivity contribution in [1.82, 2.24) is 15.1 Å². The molecule has 2 aliphatic heterocycles. The number of hydrogen-bond acceptors (Lipinski definition) is 4. The molecule has 0 aromatic heterocycles. The average molecular weight is 375 g/mol. The summed E-state index contributed by atoms with van der Waals surface area (Å²) in [5.74, 6) is 0.501. The van der Waals surface area contributed by atoms with Gasteiger partial charge in [-0.05, 0) is 30.5 Å². The lowest BCUT2D eigenvalue weighted by Crippen LogP contribution is -2.55. The van der Waals surface area contributed by atoms with Crippen molar-refractivity contribution in [1.29, 1.82) is 0 Å². The van der Waals surface area contributed by atoms with E-state index in [0.29, 0.717) is 18.5 Å². The molecule has 0 radical (unpaired) electrons. The summed E-state index contributed by atoms with van der Waals surface area (Å²) in [6, 6.07) is 9.02. The van der Waals surface area contributed by atoms with Crippen LogP contribution in [0.3, 0.4) is 0 Å². The molecule has 2 heterocycles. The number of amides is 2. The van der Waals surface area contributed by atoms with Gasteiger partial charge in [-0.3, -0.25) is 4.90 Å². The normalized spacial score (nSPS) is 20.0. The molecular formula is C21H34N4O2. The van der Waals surface area contributed by atoms with Gasteiger partial charge < -0.3 is 19.9 Å². The first kappa shape index (κ1) is 20.0. The fourth-order valence-corrected chi connectivity index (χ4v) is 3.99. The van der Waals surface area contributed by atoms with E-state index < -0.39 is 0 Å². The number of carbonyl (C=O) groups excluding carboxylic acids is 1. The number of benzene rings is 1. The zero-order valence-corrected chi connectivity index (χ0v) is 17.0. The van der Waals surface area contributed by atoms with E-state index in [4.69, 9.17) is 4.74 Å². The van der Waals surface area contributed by atoms with E-state index in [2.05, 4.69) is 60.2 Å². The smallest absolute Gasteiger partial charge is 0.317 e. The van der Waals surface area contributed by atoms with Gasteiger partial charge in [0, 0.05) is 57.5 Å². The maximum absolute atomic E-state index is 12.7. The summed E-state index contributed by atoms with van der Waals surface area (Å²) < 4.78 is 5.46. The minimum absolute atomic E-state index is 0.0674. The van der Waals surface area contributed by atoms with E-state index >= 15 is 0 Å². The fourth-order valence-electron chi connectivity index (χ4n) is 3.99. The highest BCUT2D eigenvalue weighted by molar-refractivity contribution is 5.74. The third-order valence-electron chi connectivity index (χ3n) is 5.68. The Hall–Kier alpha value is -1.79. The number of piperazine rings is 1. The fraction of sp³-hybridized carbons (Fsp3) is 0.667. The standard InChI is InChI=1S/C21H34N4O2/c1-17(2)20(24-11-13-27-14-12-24)16-22-21(26)25-9-7-23(8-10-25)19-6-4-5-18(3)15-19/h4-6,15,17,20H,7-14,16H2,1-3H3,(H,22,26). The molecule has 1 atom stereocenters. The molecule has 1 aromatic rings. The lowest BCUT2D eigenvalue weighted by molar-refractivity contribution is 0.00693. The number of nitrogens with zero attached hydrogens (tertiary/aromatic N) is 3. The number of morpholine rings is 1. The first-order chi connectivity index (χ1) is 13.0. The molecule has 0 saturated carbocycles. The monoisotopic (exact) mass is 374 g/mol. The molecule has 2 saturated heterocycles. The number of anilines is 1. The Morgan fingerprint density at radius 2 is 1.81 bits per heavy atom. The third-order valence-corrected chi connectivity index (χ3v) is 5.68. The van der Waals surface area contributed by atoms with Crippen molar-refractivity contribution in [2.75, 3.05) is 63.9 Å². The zero-order valence-electron chi connectivity index (χ0n) is 17.0. The quantitative estimate of drug-likeness (QED) is 0.858. The molecule has 3 rings (SSSR count). The highest BCUT2D eigenvalue weighted by atomic mass is 16.5. The number of hydrogen-bond donors (Lipinski definition) is 1. The van der Waals surface area contributed by atoms with Crippen LogP contribution in [0.4, 0.5) is 10.5 Å². The van der Waals surface area contributed by atoms with Crippen molar-refractivity contribution in [2.45, 2.75) is 26.8 Å². The summed E-state index contributed by atoms with van der Waals surface area (Å²) in [7, 11) is 0. The van der Waals surface area contributed by atoms with Crippen LogP contribution in [0, 0.1) is 12.8 Å². The first-order valence-electron chi connectivity index (χ1n) is 10.2. The van der Waals surface area contributed by atoms with Gasteiger partial charge in [0.25, 0.3) is 0 Å². The van der Waals surface area contributed by atoms with Gasteiger partial charge in [-0.2, -0.15) is 0 Å². The van der Waals surface area contributed by atoms with E-state index in [-0.39, 0.29) is 6.03 Å². The minimum atomic E-state index is 0.0674. The van der Waals surface area contributed by atoms with Crippen LogP contribution < -0.4 is 10.2 Å². The van der Waals surface area contributed by atoms with Gasteiger partial charge >= 0.3 is 6.03 Å². The molecule has 150 valence electrons. The van der Waals surface area contributed by atoms with Crippen LogP contribution in [0.1, 0.15) is 19.4 Å². The van der Waals surface area contributed by atoms with Crippen molar-refractivity contribution < 1.29 is 9.53 Å². The molecule has 27 heavy (non-hydrogen) atoms. The van der Waals surface area contributed by atoms with E-state index in [1.54, 1.807) is 0 Å². The average Bonchev–Trinajstić information content (AvgIpc) is 2.69. The van der Waals surface area contributed by atoms with Crippen molar-refractivity contribution in [3.8, 4) is 0 Å². The molecule has 2 fully saturated rings. The maximum atomic E-state index is 12.7. The summed E-state index contributed by atoms with van der Waals surface area (Å²) >= 11 is 0. The SMILES string of the molecule is Cc1cccc(N2CCN(C(=O)NCC(C(C)C)N3CCOCC3)CC2)c1. The van der Waals surface area contributed by atoms with Crippen LogP contribution in [0.25, 0.3) is 0 Å². The summed E-state index contributed by atoms with van der Waals surface area (Å²) in [6.45, 7) is 14.1. The molecule has 2 amide bonds. The van der Waals surface area contributed by atoms with Gasteiger partial charge in [0.1, 0.15) is 0 Å². The second kappa shape index (κ2) is 9.42. The third kappa shape index (κ3) is 5.36. The summed E-state index contributed by atoms with van der Waals surface area (Å²) in [4.78, 5) is 19.4. The highest BCUT2D eigenvalue weighted by Gasteiger charge is 2.26. The molecule has 0 aliphatic carbocycles. The number of rotatable bonds is 5. The van der Waals surface area contributed by atoms with Crippen molar-refractivity contribution in [3.63, 3.8) is 0 Å². The Morgan fingerprint density at radius 3 is 2.44 bits per heavy atom. The zero-order chi connectivity index (χ0) is 19.2. The number of aryl methyl sites for hydroxylation is 1. The van der Waals surface area contributed by atoms with E-state index in [1.165, 1.54) is 11.3 Å². The maximum Gasteiger partial charge on any atom is 0.317 e. The highest BCUT2D eigenvalue weighted by Crippen LogP contribution is 2.18. The second-order valence-corrected chi connectivity index (χ2v) is 7.96. The van der Waals surface area contributed by atoms with E-state index in [0.717, 1.165) is 52.5 Å². The second-order valence-electron chi connectivity index (χ2n) is 7.96. The van der Waals surface area contributed by atoms with Crippen molar-refractivity contribution in [2.24, 2.45) is 5.92 Å². The lowest BCUT2D eigenvalue weighted by atomic mass is 10.0. The van der Waals surface area contributed by atoms with E-state index in [1.807, 2.05) is 4.90 Å². The molecular weight excluding hydrogens is 340 g/mol. The van der Waals surface area contributed by atoms with Gasteiger partial charge in [-0.15, -0.1) is 0 Å². The molecule has 1 unspecified atom stereocenters. The molecule has 2 aliphatic rings. The predicted octanol–water partition coefficient (Wildman–Crippen LogP) is 2.18. The topological polar surface area (TPSA) is 48.0 Å². The Balaban J connectivity index is 1.47. The van der Waals surface area contributed by atoms with Gasteiger partial charge in [0.05, 0.1) is 13.2 Å². The largest absolute Gasteiger partial charge is 0.379 e. The van der Waals surface area contributed by atoms with Gasteiger partial charge in [-0.25, -0.2) is 4.79 Å². The van der Waals surface area contributed by atoms with Gasteiger partial charge in [-0.1, -0.05) is 26.0 Å². The summed E-state index contributed by atoms with van der Waals surface area (Å²) in [5, 5.41) is 3.18. The molecule has 1 N–H and O–H groups in total. The molecule has 6 nitrogen and oxygen atoms in total. The molecule has 0 bridgehead atoms. The molecule has 0 spiro atoms. The van der Waals surface area contributed by atoms with Crippen molar-refractivity contribution in [3.05, 3.63) is 29.8 Å². The predicted molar refractivity (Wildman–Crippen MR) is 109 cm³/mol. The van der Waals surface area contributed by atoms with Gasteiger partial charge in [0.15, 0.2) is 0 Å². The molecule has 1 aromatic carbocycles. The molecule has 6 heteroatoms. The van der Waals surface area contributed by atoms with Crippen LogP contribution in [0.5, 0.6) is 0 Å². The number of urea groups is 1. The summed E-state index contributed by atoms with van der Waals surface area (Å²) in [6.07, 6.45) is 0. The van der Waals surface area contributed by atoms with E-state index in [9.17, 15) is 4.79 Å². The van der Waals surface area contributed by atoms with Crippen LogP contribution in [-0.4, -0.2) is 80.9 Å². The Labute approximate surface area is 163 Å². The summed E-state index contributed by atoms with van der Waals surface area (Å²) in [5.41, 5.74) is 2.53. The Bertz CT molecular complexity index is 608. The van der Waals surface area contributed by atoms with Crippen molar-refractivity contribution >= 4 is 11.7 Å². The van der Waals surface area contributed by atoms with Crippen LogP contribution in [0.15, 0.2) is 24.3 Å². The van der Waals surface area contributed by atoms with Gasteiger partial charge in [0.2, 0.25) is 0 Å². The minimum Gasteiger partial charge on any atom is -0.379 e. The lowest BCUT2D eigenvalue weighted by Gasteiger charge is -2.38. The Kier molecular flexibility index (Phi) is 6.96. The number of ether oxygens (including phenoxy) is 1. The van der Waals surface area contributed by atoms with Crippen LogP contribution >= 0.6 is 0 Å². The number of nitrogens with one attached hydrogen (secondary N) is 1. The number of carbonyl (C=O) groups is 1. The first-order valence-corrected chi connectivity index (χ1v) is 10.2.